The predicted octanol–water partition coefficient (Wildman–Crippen LogP) is 5.01. The van der Waals surface area contributed by atoms with Crippen molar-refractivity contribution in [3.8, 4) is 0 Å². The van der Waals surface area contributed by atoms with Crippen molar-refractivity contribution in [2.45, 2.75) is 78.0 Å². The molecule has 0 saturated carbocycles. The van der Waals surface area contributed by atoms with Crippen molar-refractivity contribution in [2.24, 2.45) is 0 Å². The summed E-state index contributed by atoms with van der Waals surface area (Å²) in [5, 5.41) is 1.23. The van der Waals surface area contributed by atoms with Crippen molar-refractivity contribution in [3.63, 3.8) is 0 Å². The Morgan fingerprint density at radius 3 is 2.04 bits per heavy atom. The summed E-state index contributed by atoms with van der Waals surface area (Å²) in [5.74, 6) is 0. The number of amides is 1. The lowest BCUT2D eigenvalue weighted by atomic mass is 10.0. The second kappa shape index (κ2) is 9.29. The van der Waals surface area contributed by atoms with E-state index in [1.54, 1.807) is 47.6 Å². The molecule has 0 fully saturated rings. The summed E-state index contributed by atoms with van der Waals surface area (Å²) < 4.78 is 33.3. The number of rotatable bonds is 4. The van der Waals surface area contributed by atoms with Crippen molar-refractivity contribution in [1.82, 2.24) is 5.06 Å². The second-order valence-electron chi connectivity index (χ2n) is 8.34. The molecule has 1 aliphatic rings. The summed E-state index contributed by atoms with van der Waals surface area (Å²) >= 11 is 0. The first-order valence-electron chi connectivity index (χ1n) is 9.06. The Balaban J connectivity index is 3.17. The molecule has 0 aromatic heterocycles. The highest BCUT2D eigenvalue weighted by atomic mass is 31.2. The molecule has 1 atom stereocenters. The lowest BCUT2D eigenvalue weighted by Gasteiger charge is -2.33. The first-order chi connectivity index (χ1) is 12.7. The fourth-order valence-electron chi connectivity index (χ4n) is 2.50. The molecule has 0 aromatic carbocycles. The summed E-state index contributed by atoms with van der Waals surface area (Å²) in [6.45, 7) is 10.1. The lowest BCUT2D eigenvalue weighted by Crippen LogP contribution is -2.45. The third kappa shape index (κ3) is 7.45. The zero-order valence-electron chi connectivity index (χ0n) is 17.9. The van der Waals surface area contributed by atoms with Crippen LogP contribution in [0.25, 0.3) is 0 Å². The molecule has 1 aliphatic carbocycles. The predicted molar refractivity (Wildman–Crippen MR) is 103 cm³/mol. The number of ether oxygens (including phenoxy) is 2. The van der Waals surface area contributed by atoms with Crippen molar-refractivity contribution < 1.29 is 37.5 Å². The Kier molecular flexibility index (Phi) is 8.11. The van der Waals surface area contributed by atoms with Crippen molar-refractivity contribution in [1.29, 1.82) is 0 Å². The minimum absolute atomic E-state index is 0.412. The van der Waals surface area contributed by atoms with Crippen LogP contribution >= 0.6 is 7.60 Å². The average Bonchev–Trinajstić information content (AvgIpc) is 2.56. The van der Waals surface area contributed by atoms with E-state index in [4.69, 9.17) is 23.4 Å². The normalized spacial score (nSPS) is 18.1. The highest BCUT2D eigenvalue weighted by Gasteiger charge is 2.37. The zero-order chi connectivity index (χ0) is 21.8. The largest absolute Gasteiger partial charge is 0.534 e. The standard InChI is InChI=1S/C18H32NO8P/c1-17(2,3)25-15(20)19(27-16(21)26-18(4,5)6)13-10-9-11-14(12-13)28(22,23-7)24-8/h12-13H,9-11H2,1-8H3. The summed E-state index contributed by atoms with van der Waals surface area (Å²) in [6, 6.07) is -0.704. The van der Waals surface area contributed by atoms with E-state index in [2.05, 4.69) is 0 Å². The highest BCUT2D eigenvalue weighted by Crippen LogP contribution is 2.57. The van der Waals surface area contributed by atoms with E-state index in [1.165, 1.54) is 14.2 Å². The fourth-order valence-corrected chi connectivity index (χ4v) is 3.90. The molecule has 162 valence electrons. The van der Waals surface area contributed by atoms with E-state index in [0.717, 1.165) is 5.06 Å². The van der Waals surface area contributed by atoms with E-state index in [0.29, 0.717) is 24.6 Å². The van der Waals surface area contributed by atoms with Gasteiger partial charge in [0.1, 0.15) is 11.2 Å². The van der Waals surface area contributed by atoms with Gasteiger partial charge in [-0.2, -0.15) is 0 Å². The van der Waals surface area contributed by atoms with E-state index >= 15 is 0 Å². The number of carbonyl (C=O) groups is 2. The minimum Gasteiger partial charge on any atom is -0.442 e. The Morgan fingerprint density at radius 1 is 1.04 bits per heavy atom. The summed E-state index contributed by atoms with van der Waals surface area (Å²) in [7, 11) is -0.883. The van der Waals surface area contributed by atoms with Crippen LogP contribution in [0, 0.1) is 0 Å². The molecule has 1 unspecified atom stereocenters. The maximum absolute atomic E-state index is 12.7. The van der Waals surface area contributed by atoms with Crippen molar-refractivity contribution in [2.75, 3.05) is 14.2 Å². The van der Waals surface area contributed by atoms with E-state index in [-0.39, 0.29) is 0 Å². The maximum atomic E-state index is 12.7. The van der Waals surface area contributed by atoms with Gasteiger partial charge >= 0.3 is 19.8 Å². The SMILES string of the molecule is COP(=O)(OC)C1=CC(N(OC(=O)OC(C)(C)C)C(=O)OC(C)(C)C)CCC1. The molecule has 0 bridgehead atoms. The highest BCUT2D eigenvalue weighted by molar-refractivity contribution is 7.58. The molecule has 0 heterocycles. The first kappa shape index (κ1) is 24.5. The Labute approximate surface area is 166 Å². The third-order valence-electron chi connectivity index (χ3n) is 3.59. The van der Waals surface area contributed by atoms with Crippen LogP contribution in [0.1, 0.15) is 60.8 Å². The van der Waals surface area contributed by atoms with Gasteiger partial charge in [-0.3, -0.25) is 9.40 Å². The van der Waals surface area contributed by atoms with Crippen LogP contribution < -0.4 is 0 Å². The zero-order valence-corrected chi connectivity index (χ0v) is 18.8. The van der Waals surface area contributed by atoms with Crippen LogP contribution in [0.2, 0.25) is 0 Å². The van der Waals surface area contributed by atoms with Gasteiger partial charge in [-0.15, -0.1) is 5.06 Å². The van der Waals surface area contributed by atoms with Gasteiger partial charge in [0.05, 0.1) is 6.04 Å². The van der Waals surface area contributed by atoms with Gasteiger partial charge in [0.25, 0.3) is 0 Å². The van der Waals surface area contributed by atoms with Crippen LogP contribution in [0.4, 0.5) is 9.59 Å². The van der Waals surface area contributed by atoms with Crippen LogP contribution in [-0.2, 0) is 27.9 Å². The number of hydrogen-bond donors (Lipinski definition) is 0. The molecule has 0 saturated heterocycles. The number of hydrogen-bond acceptors (Lipinski definition) is 8. The molecule has 1 amide bonds. The Morgan fingerprint density at radius 2 is 1.57 bits per heavy atom. The third-order valence-corrected chi connectivity index (χ3v) is 5.62. The van der Waals surface area contributed by atoms with E-state index < -0.39 is 37.1 Å². The van der Waals surface area contributed by atoms with Crippen LogP contribution in [0.5, 0.6) is 0 Å². The van der Waals surface area contributed by atoms with Crippen LogP contribution in [0.3, 0.4) is 0 Å². The monoisotopic (exact) mass is 421 g/mol. The quantitative estimate of drug-likeness (QED) is 0.355. The summed E-state index contributed by atoms with van der Waals surface area (Å²) in [4.78, 5) is 30.0. The average molecular weight is 421 g/mol. The molecule has 0 aromatic rings. The van der Waals surface area contributed by atoms with Gasteiger partial charge in [0.15, 0.2) is 0 Å². The van der Waals surface area contributed by atoms with Crippen molar-refractivity contribution in [3.05, 3.63) is 11.4 Å². The summed E-state index contributed by atoms with van der Waals surface area (Å²) in [5.41, 5.74) is -1.60. The molecule has 10 heteroatoms. The minimum atomic E-state index is -3.46. The molecule has 1 rings (SSSR count). The topological polar surface area (TPSA) is 101 Å². The number of allylic oxidation sites excluding steroid dienone is 1. The molecular formula is C18H32NO8P. The molecule has 0 aliphatic heterocycles. The van der Waals surface area contributed by atoms with Crippen molar-refractivity contribution >= 4 is 19.8 Å². The molecule has 9 nitrogen and oxygen atoms in total. The van der Waals surface area contributed by atoms with Crippen LogP contribution in [-0.4, -0.2) is 48.8 Å². The van der Waals surface area contributed by atoms with E-state index in [1.807, 2.05) is 0 Å². The summed E-state index contributed by atoms with van der Waals surface area (Å²) in [6.07, 6.45) is 1.20. The Hall–Kier alpha value is -1.57. The number of hydroxylamine groups is 2. The molecule has 0 spiro atoms. The number of nitrogens with zero attached hydrogens (tertiary/aromatic N) is 1. The van der Waals surface area contributed by atoms with Gasteiger partial charge in [-0.1, -0.05) is 0 Å². The number of carbonyl (C=O) groups excluding carboxylic acids is 2. The van der Waals surface area contributed by atoms with E-state index in [9.17, 15) is 14.2 Å². The molecule has 0 N–H and O–H groups in total. The van der Waals surface area contributed by atoms with Crippen LogP contribution in [0.15, 0.2) is 11.4 Å². The molecular weight excluding hydrogens is 389 g/mol. The smallest absolute Gasteiger partial charge is 0.442 e. The molecule has 28 heavy (non-hydrogen) atoms. The fraction of sp³-hybridized carbons (Fsp3) is 0.778. The van der Waals surface area contributed by atoms with Gasteiger partial charge < -0.3 is 18.5 Å². The first-order valence-corrected chi connectivity index (χ1v) is 10.6. The Bertz CT molecular complexity index is 639. The van der Waals surface area contributed by atoms with Gasteiger partial charge in [-0.25, -0.2) is 9.59 Å². The van der Waals surface area contributed by atoms with Gasteiger partial charge in [0, 0.05) is 19.5 Å². The van der Waals surface area contributed by atoms with Gasteiger partial charge in [0.2, 0.25) is 0 Å². The van der Waals surface area contributed by atoms with Gasteiger partial charge in [-0.05, 0) is 66.9 Å². The molecule has 0 radical (unpaired) electrons. The lowest BCUT2D eigenvalue weighted by molar-refractivity contribution is -0.149. The maximum Gasteiger partial charge on any atom is 0.534 e. The second-order valence-corrected chi connectivity index (χ2v) is 10.6.